The van der Waals surface area contributed by atoms with Crippen LogP contribution in [0.5, 0.6) is 0 Å². The standard InChI is InChI=1S/C14H11BrF4N2/c15-11-6-5-8(14(17,18)19)7-10(11)13(21-20)9-3-1-2-4-12(9)16/h1-7,13,21H,20H2. The predicted octanol–water partition coefficient (Wildman–Crippen LogP) is 4.16. The lowest BCUT2D eigenvalue weighted by atomic mass is 9.97. The molecule has 0 bridgehead atoms. The molecule has 0 radical (unpaired) electrons. The molecule has 0 saturated heterocycles. The minimum atomic E-state index is -4.48. The van der Waals surface area contributed by atoms with Gasteiger partial charge >= 0.3 is 6.18 Å². The number of nitrogens with one attached hydrogen (secondary N) is 1. The van der Waals surface area contributed by atoms with E-state index in [0.29, 0.717) is 4.47 Å². The zero-order valence-electron chi connectivity index (χ0n) is 10.6. The van der Waals surface area contributed by atoms with Crippen molar-refractivity contribution in [3.05, 3.63) is 69.4 Å². The van der Waals surface area contributed by atoms with Gasteiger partial charge in [-0.3, -0.25) is 5.84 Å². The van der Waals surface area contributed by atoms with Gasteiger partial charge < -0.3 is 0 Å². The van der Waals surface area contributed by atoms with Crippen molar-refractivity contribution in [2.75, 3.05) is 0 Å². The van der Waals surface area contributed by atoms with Crippen LogP contribution in [0.25, 0.3) is 0 Å². The second-order valence-corrected chi connectivity index (χ2v) is 5.21. The van der Waals surface area contributed by atoms with Gasteiger partial charge in [0, 0.05) is 10.0 Å². The van der Waals surface area contributed by atoms with Gasteiger partial charge in [0.25, 0.3) is 0 Å². The third-order valence-electron chi connectivity index (χ3n) is 3.02. The Balaban J connectivity index is 2.55. The van der Waals surface area contributed by atoms with E-state index in [1.165, 1.54) is 24.3 Å². The molecule has 1 unspecified atom stereocenters. The van der Waals surface area contributed by atoms with Crippen molar-refractivity contribution < 1.29 is 17.6 Å². The molecule has 0 aromatic heterocycles. The Morgan fingerprint density at radius 3 is 2.29 bits per heavy atom. The maximum absolute atomic E-state index is 13.8. The van der Waals surface area contributed by atoms with Gasteiger partial charge in [-0.25, -0.2) is 9.82 Å². The van der Waals surface area contributed by atoms with Gasteiger partial charge in [-0.15, -0.1) is 0 Å². The molecule has 2 nitrogen and oxygen atoms in total. The van der Waals surface area contributed by atoms with Crippen LogP contribution in [0.3, 0.4) is 0 Å². The molecule has 2 aromatic rings. The summed E-state index contributed by atoms with van der Waals surface area (Å²) in [5.41, 5.74) is 1.91. The third kappa shape index (κ3) is 3.42. The Morgan fingerprint density at radius 1 is 1.05 bits per heavy atom. The monoisotopic (exact) mass is 362 g/mol. The number of hydrazine groups is 1. The van der Waals surface area contributed by atoms with E-state index in [2.05, 4.69) is 21.4 Å². The quantitative estimate of drug-likeness (QED) is 0.488. The molecule has 2 rings (SSSR count). The summed E-state index contributed by atoms with van der Waals surface area (Å²) >= 11 is 3.18. The van der Waals surface area contributed by atoms with E-state index in [0.717, 1.165) is 12.1 Å². The van der Waals surface area contributed by atoms with Crippen LogP contribution in [0, 0.1) is 5.82 Å². The summed E-state index contributed by atoms with van der Waals surface area (Å²) in [6, 6.07) is 8.03. The fourth-order valence-corrected chi connectivity index (χ4v) is 2.47. The second-order valence-electron chi connectivity index (χ2n) is 4.36. The fraction of sp³-hybridized carbons (Fsp3) is 0.143. The molecule has 0 spiro atoms. The fourth-order valence-electron chi connectivity index (χ4n) is 2.00. The average Bonchev–Trinajstić information content (AvgIpc) is 2.42. The number of hydrogen-bond donors (Lipinski definition) is 2. The highest BCUT2D eigenvalue weighted by Gasteiger charge is 2.32. The number of alkyl halides is 3. The molecule has 3 N–H and O–H groups in total. The van der Waals surface area contributed by atoms with Gasteiger partial charge in [0.05, 0.1) is 11.6 Å². The van der Waals surface area contributed by atoms with E-state index in [-0.39, 0.29) is 11.1 Å². The van der Waals surface area contributed by atoms with E-state index in [1.54, 1.807) is 6.07 Å². The van der Waals surface area contributed by atoms with Gasteiger partial charge in [0.1, 0.15) is 5.82 Å². The van der Waals surface area contributed by atoms with E-state index in [4.69, 9.17) is 5.84 Å². The van der Waals surface area contributed by atoms with Gasteiger partial charge in [-0.05, 0) is 29.8 Å². The molecule has 0 saturated carbocycles. The molecule has 0 fully saturated rings. The van der Waals surface area contributed by atoms with Crippen LogP contribution in [-0.4, -0.2) is 0 Å². The van der Waals surface area contributed by atoms with Crippen LogP contribution in [0.2, 0.25) is 0 Å². The lowest BCUT2D eigenvalue weighted by Gasteiger charge is -2.20. The number of rotatable bonds is 3. The van der Waals surface area contributed by atoms with Gasteiger partial charge in [-0.1, -0.05) is 34.1 Å². The van der Waals surface area contributed by atoms with Crippen LogP contribution in [0.1, 0.15) is 22.7 Å². The van der Waals surface area contributed by atoms with E-state index in [1.807, 2.05) is 0 Å². The maximum Gasteiger partial charge on any atom is 0.416 e. The summed E-state index contributed by atoms with van der Waals surface area (Å²) in [6.45, 7) is 0. The first-order valence-corrected chi connectivity index (χ1v) is 6.71. The number of hydrogen-bond acceptors (Lipinski definition) is 2. The van der Waals surface area contributed by atoms with E-state index in [9.17, 15) is 17.6 Å². The average molecular weight is 363 g/mol. The number of halogens is 5. The summed E-state index contributed by atoms with van der Waals surface area (Å²) in [4.78, 5) is 0. The van der Waals surface area contributed by atoms with Crippen molar-refractivity contribution in [2.45, 2.75) is 12.2 Å². The Labute approximate surface area is 127 Å². The first kappa shape index (κ1) is 15.9. The molecule has 0 amide bonds. The van der Waals surface area contributed by atoms with Gasteiger partial charge in [0.15, 0.2) is 0 Å². The first-order chi connectivity index (χ1) is 9.84. The highest BCUT2D eigenvalue weighted by atomic mass is 79.9. The molecule has 0 heterocycles. The summed E-state index contributed by atoms with van der Waals surface area (Å²) in [7, 11) is 0. The van der Waals surface area contributed by atoms with Gasteiger partial charge in [-0.2, -0.15) is 13.2 Å². The Morgan fingerprint density at radius 2 is 1.71 bits per heavy atom. The first-order valence-electron chi connectivity index (χ1n) is 5.91. The molecule has 0 aliphatic carbocycles. The summed E-state index contributed by atoms with van der Waals surface area (Å²) < 4.78 is 52.7. The second kappa shape index (κ2) is 6.13. The van der Waals surface area contributed by atoms with Crippen molar-refractivity contribution in [2.24, 2.45) is 5.84 Å². The summed E-state index contributed by atoms with van der Waals surface area (Å²) in [5.74, 6) is 4.86. The van der Waals surface area contributed by atoms with E-state index >= 15 is 0 Å². The van der Waals surface area contributed by atoms with Gasteiger partial charge in [0.2, 0.25) is 0 Å². The molecule has 0 aliphatic rings. The number of benzene rings is 2. The lowest BCUT2D eigenvalue weighted by Crippen LogP contribution is -2.30. The molecule has 112 valence electrons. The van der Waals surface area contributed by atoms with Crippen LogP contribution in [0.15, 0.2) is 46.9 Å². The lowest BCUT2D eigenvalue weighted by molar-refractivity contribution is -0.137. The smallest absolute Gasteiger partial charge is 0.271 e. The minimum Gasteiger partial charge on any atom is -0.271 e. The molecule has 2 aromatic carbocycles. The normalized spacial score (nSPS) is 13.2. The molecule has 1 atom stereocenters. The van der Waals surface area contributed by atoms with Crippen LogP contribution >= 0.6 is 15.9 Å². The van der Waals surface area contributed by atoms with Crippen LogP contribution < -0.4 is 11.3 Å². The topological polar surface area (TPSA) is 38.0 Å². The Hall–Kier alpha value is -1.44. The third-order valence-corrected chi connectivity index (χ3v) is 3.74. The molecule has 7 heteroatoms. The molecular formula is C14H11BrF4N2. The summed E-state index contributed by atoms with van der Waals surface area (Å²) in [5, 5.41) is 0. The van der Waals surface area contributed by atoms with E-state index < -0.39 is 23.6 Å². The zero-order chi connectivity index (χ0) is 15.6. The Bertz CT molecular complexity index is 643. The molecule has 21 heavy (non-hydrogen) atoms. The highest BCUT2D eigenvalue weighted by Crippen LogP contribution is 2.35. The SMILES string of the molecule is NNC(c1ccccc1F)c1cc(C(F)(F)F)ccc1Br. The molecular weight excluding hydrogens is 352 g/mol. The van der Waals surface area contributed by atoms with Crippen molar-refractivity contribution in [3.63, 3.8) is 0 Å². The predicted molar refractivity (Wildman–Crippen MR) is 74.7 cm³/mol. The minimum absolute atomic E-state index is 0.167. The van der Waals surface area contributed by atoms with Crippen molar-refractivity contribution in [1.29, 1.82) is 0 Å². The van der Waals surface area contributed by atoms with Crippen molar-refractivity contribution >= 4 is 15.9 Å². The number of nitrogens with two attached hydrogens (primary N) is 1. The zero-order valence-corrected chi connectivity index (χ0v) is 12.2. The van der Waals surface area contributed by atoms with Crippen molar-refractivity contribution in [3.8, 4) is 0 Å². The van der Waals surface area contributed by atoms with Crippen LogP contribution in [0.4, 0.5) is 17.6 Å². The van der Waals surface area contributed by atoms with Crippen LogP contribution in [-0.2, 0) is 6.18 Å². The maximum atomic E-state index is 13.8. The van der Waals surface area contributed by atoms with Crippen molar-refractivity contribution in [1.82, 2.24) is 5.43 Å². The Kier molecular flexibility index (Phi) is 4.65. The highest BCUT2D eigenvalue weighted by molar-refractivity contribution is 9.10. The summed E-state index contributed by atoms with van der Waals surface area (Å²) in [6.07, 6.45) is -4.48. The molecule has 0 aliphatic heterocycles. The largest absolute Gasteiger partial charge is 0.416 e.